The molecule has 0 saturated heterocycles. The lowest BCUT2D eigenvalue weighted by Gasteiger charge is -2.12. The van der Waals surface area contributed by atoms with Crippen LogP contribution in [0.1, 0.15) is 26.2 Å². The average Bonchev–Trinajstić information content (AvgIpc) is 2.65. The average molecular weight is 219 g/mol. The number of rotatable bonds is 6. The molecular formula is C8H17N3O2S. The minimum atomic E-state index is -3.17. The fourth-order valence-electron chi connectivity index (χ4n) is 1.32. The van der Waals surface area contributed by atoms with Crippen LogP contribution in [0.4, 0.5) is 0 Å². The summed E-state index contributed by atoms with van der Waals surface area (Å²) in [6.45, 7) is 1.71. The van der Waals surface area contributed by atoms with Gasteiger partial charge in [-0.25, -0.2) is 13.1 Å². The molecule has 1 fully saturated rings. The highest BCUT2D eigenvalue weighted by molar-refractivity contribution is 7.89. The molecule has 0 aliphatic heterocycles. The smallest absolute Gasteiger partial charge is 0.212 e. The van der Waals surface area contributed by atoms with Crippen molar-refractivity contribution < 1.29 is 8.42 Å². The minimum Gasteiger partial charge on any atom is -0.388 e. The van der Waals surface area contributed by atoms with Crippen LogP contribution in [0.15, 0.2) is 0 Å². The fourth-order valence-corrected chi connectivity index (χ4v) is 3.07. The first-order chi connectivity index (χ1) is 6.39. The van der Waals surface area contributed by atoms with E-state index in [1.54, 1.807) is 6.92 Å². The Labute approximate surface area is 84.6 Å². The van der Waals surface area contributed by atoms with E-state index in [0.717, 1.165) is 12.8 Å². The van der Waals surface area contributed by atoms with Crippen LogP contribution in [-0.4, -0.2) is 26.0 Å². The van der Waals surface area contributed by atoms with Gasteiger partial charge in [-0.05, 0) is 25.7 Å². The van der Waals surface area contributed by atoms with Gasteiger partial charge in [0.25, 0.3) is 0 Å². The van der Waals surface area contributed by atoms with E-state index in [4.69, 9.17) is 11.1 Å². The Morgan fingerprint density at radius 2 is 2.21 bits per heavy atom. The molecule has 5 nitrogen and oxygen atoms in total. The van der Waals surface area contributed by atoms with Crippen LogP contribution in [0.25, 0.3) is 0 Å². The zero-order valence-electron chi connectivity index (χ0n) is 8.29. The lowest BCUT2D eigenvalue weighted by molar-refractivity contribution is 0.561. The molecule has 0 radical (unpaired) electrons. The third-order valence-electron chi connectivity index (χ3n) is 2.06. The van der Waals surface area contributed by atoms with Gasteiger partial charge in [-0.2, -0.15) is 0 Å². The summed E-state index contributed by atoms with van der Waals surface area (Å²) in [5.41, 5.74) is 5.17. The van der Waals surface area contributed by atoms with Crippen molar-refractivity contribution in [2.24, 2.45) is 11.7 Å². The van der Waals surface area contributed by atoms with E-state index in [2.05, 4.69) is 4.72 Å². The van der Waals surface area contributed by atoms with Gasteiger partial charge in [-0.15, -0.1) is 0 Å². The highest BCUT2D eigenvalue weighted by atomic mass is 32.2. The second-order valence-electron chi connectivity index (χ2n) is 3.97. The van der Waals surface area contributed by atoms with E-state index >= 15 is 0 Å². The molecule has 1 aliphatic rings. The largest absolute Gasteiger partial charge is 0.388 e. The highest BCUT2D eigenvalue weighted by Gasteiger charge is 2.28. The summed E-state index contributed by atoms with van der Waals surface area (Å²) < 4.78 is 25.4. The number of nitrogens with two attached hydrogens (primary N) is 1. The lowest BCUT2D eigenvalue weighted by atomic mass is 10.2. The van der Waals surface area contributed by atoms with Crippen LogP contribution >= 0.6 is 0 Å². The standard InChI is InChI=1S/C8H17N3O2S/c1-6(4-8(9)10)11-14(12,13)5-7-2-3-7/h6-7,11H,2-5H2,1H3,(H3,9,10). The van der Waals surface area contributed by atoms with Gasteiger partial charge in [-0.1, -0.05) is 0 Å². The van der Waals surface area contributed by atoms with Crippen molar-refractivity contribution in [2.45, 2.75) is 32.2 Å². The molecule has 4 N–H and O–H groups in total. The van der Waals surface area contributed by atoms with Crippen LogP contribution in [0.3, 0.4) is 0 Å². The van der Waals surface area contributed by atoms with Crippen LogP contribution in [0, 0.1) is 11.3 Å². The normalized spacial score (nSPS) is 19.2. The Morgan fingerprint density at radius 3 is 2.64 bits per heavy atom. The molecule has 0 aromatic heterocycles. The van der Waals surface area contributed by atoms with Crippen molar-refractivity contribution in [1.29, 1.82) is 5.41 Å². The Bertz CT molecular complexity index is 309. The second-order valence-corrected chi connectivity index (χ2v) is 5.77. The van der Waals surface area contributed by atoms with E-state index < -0.39 is 10.0 Å². The van der Waals surface area contributed by atoms with Gasteiger partial charge in [-0.3, -0.25) is 5.41 Å². The predicted octanol–water partition coefficient (Wildman–Crippen LogP) is 0.0304. The first-order valence-electron chi connectivity index (χ1n) is 4.72. The van der Waals surface area contributed by atoms with Crippen molar-refractivity contribution >= 4 is 15.9 Å². The maximum atomic E-state index is 11.5. The van der Waals surface area contributed by atoms with E-state index in [9.17, 15) is 8.42 Å². The quantitative estimate of drug-likeness (QED) is 0.434. The van der Waals surface area contributed by atoms with Crippen molar-refractivity contribution in [2.75, 3.05) is 5.75 Å². The Kier molecular flexibility index (Phi) is 3.49. The molecule has 1 saturated carbocycles. The van der Waals surface area contributed by atoms with Crippen molar-refractivity contribution in [1.82, 2.24) is 4.72 Å². The van der Waals surface area contributed by atoms with Gasteiger partial charge in [0, 0.05) is 12.5 Å². The zero-order chi connectivity index (χ0) is 10.8. The highest BCUT2D eigenvalue weighted by Crippen LogP contribution is 2.29. The number of hydrogen-bond acceptors (Lipinski definition) is 3. The summed E-state index contributed by atoms with van der Waals surface area (Å²) in [6.07, 6.45) is 2.30. The molecule has 1 rings (SSSR count). The summed E-state index contributed by atoms with van der Waals surface area (Å²) in [5, 5.41) is 7.03. The maximum absolute atomic E-state index is 11.5. The van der Waals surface area contributed by atoms with Gasteiger partial charge in [0.05, 0.1) is 11.6 Å². The first-order valence-corrected chi connectivity index (χ1v) is 6.37. The summed E-state index contributed by atoms with van der Waals surface area (Å²) >= 11 is 0. The van der Waals surface area contributed by atoms with E-state index in [-0.39, 0.29) is 24.1 Å². The van der Waals surface area contributed by atoms with Gasteiger partial charge in [0.1, 0.15) is 0 Å². The maximum Gasteiger partial charge on any atom is 0.212 e. The monoisotopic (exact) mass is 219 g/mol. The van der Waals surface area contributed by atoms with Gasteiger partial charge < -0.3 is 5.73 Å². The minimum absolute atomic E-state index is 0.00613. The fraction of sp³-hybridized carbons (Fsp3) is 0.875. The second kappa shape index (κ2) is 4.27. The van der Waals surface area contributed by atoms with E-state index in [1.807, 2.05) is 0 Å². The Balaban J connectivity index is 2.36. The summed E-state index contributed by atoms with van der Waals surface area (Å²) in [5.74, 6) is 0.568. The molecule has 1 atom stereocenters. The van der Waals surface area contributed by atoms with E-state index in [1.165, 1.54) is 0 Å². The summed E-state index contributed by atoms with van der Waals surface area (Å²) in [4.78, 5) is 0. The molecule has 82 valence electrons. The molecule has 0 amide bonds. The summed E-state index contributed by atoms with van der Waals surface area (Å²) in [7, 11) is -3.17. The predicted molar refractivity (Wildman–Crippen MR) is 55.6 cm³/mol. The van der Waals surface area contributed by atoms with Crippen LogP contribution in [-0.2, 0) is 10.0 Å². The number of sulfonamides is 1. The molecule has 6 heteroatoms. The molecule has 0 aromatic rings. The molecule has 0 spiro atoms. The van der Waals surface area contributed by atoms with Crippen LogP contribution in [0.5, 0.6) is 0 Å². The van der Waals surface area contributed by atoms with Crippen molar-refractivity contribution in [3.8, 4) is 0 Å². The summed E-state index contributed by atoms with van der Waals surface area (Å²) in [6, 6.07) is -0.281. The van der Waals surface area contributed by atoms with Crippen LogP contribution < -0.4 is 10.5 Å². The molecule has 0 bridgehead atoms. The molecule has 1 unspecified atom stereocenters. The number of nitrogens with one attached hydrogen (secondary N) is 2. The topological polar surface area (TPSA) is 96.0 Å². The SMILES string of the molecule is CC(CC(=N)N)NS(=O)(=O)CC1CC1. The third kappa shape index (κ3) is 4.57. The Morgan fingerprint density at radius 1 is 1.64 bits per heavy atom. The molecule has 14 heavy (non-hydrogen) atoms. The van der Waals surface area contributed by atoms with Gasteiger partial charge in [0.2, 0.25) is 10.0 Å². The van der Waals surface area contributed by atoms with Gasteiger partial charge in [0.15, 0.2) is 0 Å². The van der Waals surface area contributed by atoms with Crippen molar-refractivity contribution in [3.05, 3.63) is 0 Å². The first kappa shape index (κ1) is 11.5. The number of amidine groups is 1. The molecule has 0 aromatic carbocycles. The Hall–Kier alpha value is -0.620. The zero-order valence-corrected chi connectivity index (χ0v) is 9.10. The molecule has 0 heterocycles. The third-order valence-corrected chi connectivity index (χ3v) is 3.73. The molecular weight excluding hydrogens is 202 g/mol. The van der Waals surface area contributed by atoms with Crippen LogP contribution in [0.2, 0.25) is 0 Å². The van der Waals surface area contributed by atoms with E-state index in [0.29, 0.717) is 5.92 Å². The van der Waals surface area contributed by atoms with Crippen molar-refractivity contribution in [3.63, 3.8) is 0 Å². The van der Waals surface area contributed by atoms with Gasteiger partial charge >= 0.3 is 0 Å². The molecule has 1 aliphatic carbocycles. The number of hydrogen-bond donors (Lipinski definition) is 3. The lowest BCUT2D eigenvalue weighted by Crippen LogP contribution is -2.37.